The van der Waals surface area contributed by atoms with Crippen molar-refractivity contribution in [1.29, 1.82) is 0 Å². The normalized spacial score (nSPS) is 17.6. The van der Waals surface area contributed by atoms with E-state index < -0.39 is 24.3 Å². The van der Waals surface area contributed by atoms with Crippen molar-refractivity contribution in [1.82, 2.24) is 5.32 Å². The maximum absolute atomic E-state index is 13.7. The van der Waals surface area contributed by atoms with Gasteiger partial charge in [0.15, 0.2) is 5.17 Å². The summed E-state index contributed by atoms with van der Waals surface area (Å²) in [6.07, 6.45) is 2.02. The molecule has 2 rings (SSSR count). The van der Waals surface area contributed by atoms with Crippen molar-refractivity contribution < 1.29 is 32.2 Å². The number of nitrogens with zero attached hydrogens (tertiary/aromatic N) is 2. The van der Waals surface area contributed by atoms with Gasteiger partial charge in [0.25, 0.3) is 5.91 Å². The zero-order valence-electron chi connectivity index (χ0n) is 12.5. The van der Waals surface area contributed by atoms with Gasteiger partial charge < -0.3 is 9.47 Å². The molecular weight excluding hydrogens is 363 g/mol. The molecule has 0 spiro atoms. The van der Waals surface area contributed by atoms with Crippen molar-refractivity contribution in [2.75, 3.05) is 7.11 Å². The van der Waals surface area contributed by atoms with Crippen LogP contribution in [0.5, 0.6) is 5.75 Å². The van der Waals surface area contributed by atoms with Gasteiger partial charge in [-0.3, -0.25) is 10.1 Å². The number of nitrogens with one attached hydrogen (secondary N) is 1. The van der Waals surface area contributed by atoms with Gasteiger partial charge in [-0.15, -0.1) is 5.10 Å². The SMILES string of the molecule is COC(=O)/C=C1/S/C(=N\N=Cc2ccc(OC(F)F)cc2F)NC1=O. The number of esters is 1. The van der Waals surface area contributed by atoms with Gasteiger partial charge >= 0.3 is 12.6 Å². The Hall–Kier alpha value is -2.82. The predicted molar refractivity (Wildman–Crippen MR) is 83.9 cm³/mol. The van der Waals surface area contributed by atoms with Gasteiger partial charge in [0, 0.05) is 17.7 Å². The first kappa shape index (κ1) is 18.5. The van der Waals surface area contributed by atoms with Gasteiger partial charge in [0.1, 0.15) is 11.6 Å². The molecule has 1 aromatic rings. The van der Waals surface area contributed by atoms with Crippen molar-refractivity contribution in [3.05, 3.63) is 40.6 Å². The topological polar surface area (TPSA) is 89.3 Å². The first-order valence-corrected chi connectivity index (χ1v) is 7.35. The summed E-state index contributed by atoms with van der Waals surface area (Å²) in [5.41, 5.74) is -0.0226. The van der Waals surface area contributed by atoms with E-state index in [4.69, 9.17) is 0 Å². The molecule has 0 bridgehead atoms. The summed E-state index contributed by atoms with van der Waals surface area (Å²) in [6.45, 7) is -3.06. The molecule has 1 amide bonds. The van der Waals surface area contributed by atoms with Gasteiger partial charge in [0.05, 0.1) is 18.2 Å². The van der Waals surface area contributed by atoms with E-state index in [9.17, 15) is 22.8 Å². The second-order valence-electron chi connectivity index (χ2n) is 4.30. The molecule has 11 heteroatoms. The van der Waals surface area contributed by atoms with Crippen LogP contribution in [0.1, 0.15) is 5.56 Å². The third-order valence-electron chi connectivity index (χ3n) is 2.64. The Morgan fingerprint density at radius 3 is 2.80 bits per heavy atom. The molecule has 0 atom stereocenters. The zero-order chi connectivity index (χ0) is 18.4. The Morgan fingerprint density at radius 1 is 1.40 bits per heavy atom. The standard InChI is InChI=1S/C14H10F3N3O4S/c1-23-11(21)5-10-12(22)19-14(25-10)20-18-6-7-2-3-8(4-9(7)15)24-13(16)17/h2-6,13H,1H3,(H,19,20,22)/b10-5+,18-6?. The summed E-state index contributed by atoms with van der Waals surface area (Å²) in [7, 11) is 1.17. The van der Waals surface area contributed by atoms with Crippen molar-refractivity contribution in [2.45, 2.75) is 6.61 Å². The highest BCUT2D eigenvalue weighted by Gasteiger charge is 2.25. The Balaban J connectivity index is 2.06. The number of rotatable bonds is 5. The van der Waals surface area contributed by atoms with Crippen molar-refractivity contribution in [3.63, 3.8) is 0 Å². The van der Waals surface area contributed by atoms with E-state index >= 15 is 0 Å². The molecule has 1 heterocycles. The Bertz CT molecular complexity index is 781. The van der Waals surface area contributed by atoms with Crippen LogP contribution in [0.25, 0.3) is 0 Å². The molecule has 1 N–H and O–H groups in total. The molecule has 0 aliphatic carbocycles. The van der Waals surface area contributed by atoms with E-state index in [0.717, 1.165) is 36.2 Å². The fourth-order valence-corrected chi connectivity index (χ4v) is 2.31. The monoisotopic (exact) mass is 373 g/mol. The van der Waals surface area contributed by atoms with Gasteiger partial charge in [-0.2, -0.15) is 13.9 Å². The number of carbonyl (C=O) groups is 2. The van der Waals surface area contributed by atoms with E-state index in [1.165, 1.54) is 13.2 Å². The fraction of sp³-hybridized carbons (Fsp3) is 0.143. The number of halogens is 3. The first-order chi connectivity index (χ1) is 11.9. The highest BCUT2D eigenvalue weighted by Crippen LogP contribution is 2.23. The summed E-state index contributed by atoms with van der Waals surface area (Å²) in [6, 6.07) is 3.11. The summed E-state index contributed by atoms with van der Waals surface area (Å²) in [5, 5.41) is 9.70. The van der Waals surface area contributed by atoms with Crippen molar-refractivity contribution in [3.8, 4) is 5.75 Å². The van der Waals surface area contributed by atoms with Crippen molar-refractivity contribution >= 4 is 35.0 Å². The Labute approximate surface area is 143 Å². The smallest absolute Gasteiger partial charge is 0.387 e. The minimum absolute atomic E-state index is 0.0226. The molecule has 0 aromatic heterocycles. The fourth-order valence-electron chi connectivity index (χ4n) is 1.57. The molecule has 25 heavy (non-hydrogen) atoms. The van der Waals surface area contributed by atoms with Crippen LogP contribution in [0.15, 0.2) is 39.4 Å². The quantitative estimate of drug-likeness (QED) is 0.369. The summed E-state index contributed by atoms with van der Waals surface area (Å²) in [5.74, 6) is -2.41. The van der Waals surface area contributed by atoms with E-state index in [1.807, 2.05) is 0 Å². The van der Waals surface area contributed by atoms with Crippen LogP contribution in [0.3, 0.4) is 0 Å². The molecule has 7 nitrogen and oxygen atoms in total. The number of methoxy groups -OCH3 is 1. The van der Waals surface area contributed by atoms with Crippen LogP contribution in [0, 0.1) is 5.82 Å². The molecule has 1 aromatic carbocycles. The van der Waals surface area contributed by atoms with E-state index in [2.05, 4.69) is 25.0 Å². The molecular formula is C14H10F3N3O4S. The average Bonchev–Trinajstić information content (AvgIpc) is 2.88. The number of ether oxygens (including phenoxy) is 2. The van der Waals surface area contributed by atoms with E-state index in [-0.39, 0.29) is 21.4 Å². The maximum atomic E-state index is 13.7. The largest absolute Gasteiger partial charge is 0.466 e. The predicted octanol–water partition coefficient (Wildman–Crippen LogP) is 2.04. The van der Waals surface area contributed by atoms with Crippen LogP contribution in [-0.4, -0.2) is 37.0 Å². The first-order valence-electron chi connectivity index (χ1n) is 6.53. The van der Waals surface area contributed by atoms with Gasteiger partial charge in [-0.25, -0.2) is 9.18 Å². The third-order valence-corrected chi connectivity index (χ3v) is 3.54. The lowest BCUT2D eigenvalue weighted by Crippen LogP contribution is -2.19. The maximum Gasteiger partial charge on any atom is 0.387 e. The van der Waals surface area contributed by atoms with E-state index in [0.29, 0.717) is 0 Å². The zero-order valence-corrected chi connectivity index (χ0v) is 13.4. The van der Waals surface area contributed by atoms with Crippen LogP contribution in [-0.2, 0) is 14.3 Å². The second kappa shape index (κ2) is 8.33. The molecule has 1 saturated heterocycles. The lowest BCUT2D eigenvalue weighted by Gasteiger charge is -2.04. The molecule has 0 unspecified atom stereocenters. The number of thioether (sulfide) groups is 1. The molecule has 0 saturated carbocycles. The number of carbonyl (C=O) groups excluding carboxylic acids is 2. The van der Waals surface area contributed by atoms with Crippen LogP contribution in [0.2, 0.25) is 0 Å². The average molecular weight is 373 g/mol. The van der Waals surface area contributed by atoms with Crippen LogP contribution in [0.4, 0.5) is 13.2 Å². The van der Waals surface area contributed by atoms with E-state index in [1.54, 1.807) is 0 Å². The Morgan fingerprint density at radius 2 is 2.16 bits per heavy atom. The molecule has 1 aliphatic heterocycles. The molecule has 1 aliphatic rings. The molecule has 1 fully saturated rings. The number of amidine groups is 1. The van der Waals surface area contributed by atoms with Crippen LogP contribution < -0.4 is 10.1 Å². The van der Waals surface area contributed by atoms with Crippen molar-refractivity contribution in [2.24, 2.45) is 10.2 Å². The number of amides is 1. The minimum Gasteiger partial charge on any atom is -0.466 e. The summed E-state index contributed by atoms with van der Waals surface area (Å²) in [4.78, 5) is 22.7. The lowest BCUT2D eigenvalue weighted by atomic mass is 10.2. The molecule has 0 radical (unpaired) electrons. The van der Waals surface area contributed by atoms with Gasteiger partial charge in [-0.1, -0.05) is 0 Å². The highest BCUT2D eigenvalue weighted by molar-refractivity contribution is 8.18. The Kier molecular flexibility index (Phi) is 6.17. The number of hydrogen-bond donors (Lipinski definition) is 1. The summed E-state index contributed by atoms with van der Waals surface area (Å²) < 4.78 is 46.2. The third kappa shape index (κ3) is 5.35. The lowest BCUT2D eigenvalue weighted by molar-refractivity contribution is -0.135. The molecule has 132 valence electrons. The number of benzene rings is 1. The van der Waals surface area contributed by atoms with Crippen LogP contribution >= 0.6 is 11.8 Å². The minimum atomic E-state index is -3.06. The second-order valence-corrected chi connectivity index (χ2v) is 5.33. The highest BCUT2D eigenvalue weighted by atomic mass is 32.2. The summed E-state index contributed by atoms with van der Waals surface area (Å²) >= 11 is 0.850. The van der Waals surface area contributed by atoms with Gasteiger partial charge in [-0.05, 0) is 23.9 Å². The van der Waals surface area contributed by atoms with Gasteiger partial charge in [0.2, 0.25) is 0 Å². The number of hydrogen-bond acceptors (Lipinski definition) is 7. The number of alkyl halides is 2.